The van der Waals surface area contributed by atoms with E-state index in [4.69, 9.17) is 21.3 Å². The summed E-state index contributed by atoms with van der Waals surface area (Å²) < 4.78 is 5.60. The number of nitrogens with one attached hydrogen (secondary N) is 1. The molecule has 2 aromatic carbocycles. The average Bonchev–Trinajstić information content (AvgIpc) is 3.42. The number of pyridine rings is 1. The molecule has 1 aliphatic carbocycles. The zero-order valence-electron chi connectivity index (χ0n) is 17.2. The maximum absolute atomic E-state index is 6.94. The van der Waals surface area contributed by atoms with Crippen molar-refractivity contribution in [2.24, 2.45) is 4.99 Å². The second-order valence-corrected chi connectivity index (χ2v) is 8.30. The first kappa shape index (κ1) is 19.1. The van der Waals surface area contributed by atoms with Gasteiger partial charge in [0.15, 0.2) is 0 Å². The van der Waals surface area contributed by atoms with Gasteiger partial charge in [-0.05, 0) is 55.0 Å². The molecule has 0 amide bonds. The minimum atomic E-state index is 0.253. The Balaban J connectivity index is 1.58. The molecule has 30 heavy (non-hydrogen) atoms. The van der Waals surface area contributed by atoms with E-state index in [1.165, 1.54) is 23.1 Å². The molecule has 5 heteroatoms. The number of ether oxygens (including phenoxy) is 1. The Morgan fingerprint density at radius 1 is 0.967 bits per heavy atom. The van der Waals surface area contributed by atoms with Crippen LogP contribution in [0.15, 0.2) is 53.5 Å². The van der Waals surface area contributed by atoms with Crippen molar-refractivity contribution < 1.29 is 4.74 Å². The van der Waals surface area contributed by atoms with Crippen molar-refractivity contribution in [3.8, 4) is 28.3 Å². The first-order chi connectivity index (χ1) is 14.7. The van der Waals surface area contributed by atoms with Crippen molar-refractivity contribution in [1.29, 1.82) is 0 Å². The molecule has 2 aliphatic rings. The summed E-state index contributed by atoms with van der Waals surface area (Å²) in [6.07, 6.45) is 3.47. The fourth-order valence-electron chi connectivity index (χ4n) is 4.46. The van der Waals surface area contributed by atoms with E-state index in [-0.39, 0.29) is 6.04 Å². The molecule has 3 aromatic rings. The van der Waals surface area contributed by atoms with Crippen LogP contribution in [0.4, 0.5) is 0 Å². The summed E-state index contributed by atoms with van der Waals surface area (Å²) in [6.45, 7) is 2.91. The Labute approximate surface area is 182 Å². The van der Waals surface area contributed by atoms with Crippen molar-refractivity contribution in [1.82, 2.24) is 10.3 Å². The van der Waals surface area contributed by atoms with E-state index >= 15 is 0 Å². The van der Waals surface area contributed by atoms with E-state index in [1.807, 2.05) is 18.2 Å². The Bertz CT molecular complexity index is 1160. The van der Waals surface area contributed by atoms with Gasteiger partial charge in [0.2, 0.25) is 5.88 Å². The zero-order chi connectivity index (χ0) is 20.7. The van der Waals surface area contributed by atoms with E-state index in [2.05, 4.69) is 47.6 Å². The number of aliphatic imine (C=N–C) groups is 1. The minimum Gasteiger partial charge on any atom is -0.480 e. The highest BCUT2D eigenvalue weighted by atomic mass is 35.5. The smallest absolute Gasteiger partial charge is 0.224 e. The monoisotopic (exact) mass is 417 g/mol. The fraction of sp³-hybridized carbons (Fsp3) is 0.280. The van der Waals surface area contributed by atoms with Crippen LogP contribution in [0.5, 0.6) is 5.88 Å². The van der Waals surface area contributed by atoms with E-state index in [9.17, 15) is 0 Å². The number of hydrogen-bond donors (Lipinski definition) is 1. The SMILES string of the molecule is COc1nc(-c2cccc(-c3cccc4c3CCC4)c2Cl)ccc1C1=NC(C)CN1. The molecule has 1 atom stereocenters. The topological polar surface area (TPSA) is 46.5 Å². The number of rotatable bonds is 4. The lowest BCUT2D eigenvalue weighted by atomic mass is 9.95. The highest BCUT2D eigenvalue weighted by molar-refractivity contribution is 6.36. The van der Waals surface area contributed by atoms with Crippen molar-refractivity contribution in [3.63, 3.8) is 0 Å². The lowest BCUT2D eigenvalue weighted by Crippen LogP contribution is -2.21. The van der Waals surface area contributed by atoms with Crippen LogP contribution in [-0.4, -0.2) is 30.5 Å². The zero-order valence-corrected chi connectivity index (χ0v) is 18.0. The Morgan fingerprint density at radius 2 is 1.77 bits per heavy atom. The molecule has 0 bridgehead atoms. The molecule has 1 aliphatic heterocycles. The van der Waals surface area contributed by atoms with E-state index in [1.54, 1.807) is 7.11 Å². The van der Waals surface area contributed by atoms with Gasteiger partial charge in [0.05, 0.1) is 29.4 Å². The summed E-state index contributed by atoms with van der Waals surface area (Å²) in [5.74, 6) is 1.38. The molecule has 0 spiro atoms. The maximum Gasteiger partial charge on any atom is 0.224 e. The van der Waals surface area contributed by atoms with Gasteiger partial charge in [-0.15, -0.1) is 0 Å². The fourth-order valence-corrected chi connectivity index (χ4v) is 4.78. The van der Waals surface area contributed by atoms with Crippen LogP contribution < -0.4 is 10.1 Å². The van der Waals surface area contributed by atoms with E-state index < -0.39 is 0 Å². The van der Waals surface area contributed by atoms with Gasteiger partial charge in [-0.2, -0.15) is 0 Å². The minimum absolute atomic E-state index is 0.253. The van der Waals surface area contributed by atoms with Gasteiger partial charge in [0, 0.05) is 17.7 Å². The van der Waals surface area contributed by atoms with Crippen molar-refractivity contribution in [3.05, 3.63) is 70.2 Å². The van der Waals surface area contributed by atoms with Gasteiger partial charge < -0.3 is 10.1 Å². The number of halogens is 1. The second kappa shape index (κ2) is 7.77. The standard InChI is InChI=1S/C25H24ClN3O/c1-15-14-27-24(28-15)21-12-13-22(29-25(21)30-2)20-11-5-10-19(23(20)26)18-9-4-7-16-6-3-8-17(16)18/h4-5,7,9-13,15H,3,6,8,14H2,1-2H3,(H,27,28). The number of nitrogens with zero attached hydrogens (tertiary/aromatic N) is 2. The largest absolute Gasteiger partial charge is 0.480 e. The van der Waals surface area contributed by atoms with Gasteiger partial charge in [-0.1, -0.05) is 48.0 Å². The number of amidine groups is 1. The Hall–Kier alpha value is -2.85. The predicted octanol–water partition coefficient (Wildman–Crippen LogP) is 5.30. The molecule has 2 heterocycles. The van der Waals surface area contributed by atoms with Gasteiger partial charge in [0.25, 0.3) is 0 Å². The average molecular weight is 418 g/mol. The molecule has 1 unspecified atom stereocenters. The third kappa shape index (κ3) is 3.25. The lowest BCUT2D eigenvalue weighted by Gasteiger charge is -2.14. The summed E-state index contributed by atoms with van der Waals surface area (Å²) in [6, 6.07) is 17.0. The van der Waals surface area contributed by atoms with Crippen LogP contribution in [0, 0.1) is 0 Å². The van der Waals surface area contributed by atoms with E-state index in [0.29, 0.717) is 5.88 Å². The molecule has 1 N–H and O–H groups in total. The summed E-state index contributed by atoms with van der Waals surface area (Å²) in [4.78, 5) is 9.41. The van der Waals surface area contributed by atoms with Crippen molar-refractivity contribution in [2.75, 3.05) is 13.7 Å². The molecule has 152 valence electrons. The van der Waals surface area contributed by atoms with Crippen LogP contribution in [-0.2, 0) is 12.8 Å². The van der Waals surface area contributed by atoms with Crippen molar-refractivity contribution >= 4 is 17.4 Å². The van der Waals surface area contributed by atoms with Crippen LogP contribution in [0.3, 0.4) is 0 Å². The second-order valence-electron chi connectivity index (χ2n) is 7.92. The number of aromatic nitrogens is 1. The number of fused-ring (bicyclic) bond motifs is 1. The molecule has 0 fully saturated rings. The van der Waals surface area contributed by atoms with Crippen LogP contribution >= 0.6 is 11.6 Å². The van der Waals surface area contributed by atoms with Gasteiger partial charge >= 0.3 is 0 Å². The van der Waals surface area contributed by atoms with Crippen molar-refractivity contribution in [2.45, 2.75) is 32.2 Å². The Kier molecular flexibility index (Phi) is 4.95. The first-order valence-corrected chi connectivity index (χ1v) is 10.8. The predicted molar refractivity (Wildman–Crippen MR) is 123 cm³/mol. The summed E-state index contributed by atoms with van der Waals surface area (Å²) in [5.41, 5.74) is 7.74. The molecular formula is C25H24ClN3O. The third-order valence-electron chi connectivity index (χ3n) is 5.93. The highest BCUT2D eigenvalue weighted by Gasteiger charge is 2.21. The number of hydrogen-bond acceptors (Lipinski definition) is 4. The summed E-state index contributed by atoms with van der Waals surface area (Å²) >= 11 is 6.94. The third-order valence-corrected chi connectivity index (χ3v) is 6.34. The normalized spacial score (nSPS) is 17.4. The van der Waals surface area contributed by atoms with Gasteiger partial charge in [-0.3, -0.25) is 4.99 Å². The molecular weight excluding hydrogens is 394 g/mol. The summed E-state index contributed by atoms with van der Waals surface area (Å²) in [5, 5.41) is 4.05. The van der Waals surface area contributed by atoms with E-state index in [0.717, 1.165) is 52.6 Å². The highest BCUT2D eigenvalue weighted by Crippen LogP contribution is 2.40. The molecule has 5 rings (SSSR count). The number of aryl methyl sites for hydroxylation is 1. The van der Waals surface area contributed by atoms with Gasteiger partial charge in [0.1, 0.15) is 5.84 Å². The number of benzene rings is 2. The maximum atomic E-state index is 6.94. The van der Waals surface area contributed by atoms with Crippen LogP contribution in [0.25, 0.3) is 22.4 Å². The first-order valence-electron chi connectivity index (χ1n) is 10.4. The van der Waals surface area contributed by atoms with Crippen LogP contribution in [0.1, 0.15) is 30.0 Å². The van der Waals surface area contributed by atoms with Gasteiger partial charge in [-0.25, -0.2) is 4.98 Å². The Morgan fingerprint density at radius 3 is 2.57 bits per heavy atom. The summed E-state index contributed by atoms with van der Waals surface area (Å²) in [7, 11) is 1.64. The number of methoxy groups -OCH3 is 1. The quantitative estimate of drug-likeness (QED) is 0.626. The molecule has 0 saturated carbocycles. The molecule has 0 saturated heterocycles. The molecule has 1 aromatic heterocycles. The van der Waals surface area contributed by atoms with Crippen LogP contribution in [0.2, 0.25) is 5.02 Å². The molecule has 0 radical (unpaired) electrons. The molecule has 4 nitrogen and oxygen atoms in total. The lowest BCUT2D eigenvalue weighted by molar-refractivity contribution is 0.397.